The molecule has 2 aromatic rings. The Hall–Kier alpha value is 0.130. The van der Waals surface area contributed by atoms with E-state index in [1.54, 1.807) is 0 Å². The van der Waals surface area contributed by atoms with Crippen molar-refractivity contribution >= 4 is 32.8 Å². The van der Waals surface area contributed by atoms with E-state index in [-0.39, 0.29) is 76.2 Å². The molecular weight excluding hydrogens is 610 g/mol. The van der Waals surface area contributed by atoms with Crippen LogP contribution in [0.2, 0.25) is 0 Å². The van der Waals surface area contributed by atoms with Crippen molar-refractivity contribution in [1.82, 2.24) is 19.5 Å². The number of rotatable bonds is 8. The van der Waals surface area contributed by atoms with Crippen LogP contribution < -0.4 is 80.2 Å². The van der Waals surface area contributed by atoms with Crippen molar-refractivity contribution in [3.63, 3.8) is 0 Å². The van der Waals surface area contributed by atoms with Gasteiger partial charge in [0.05, 0.1) is 19.0 Å². The zero-order valence-corrected chi connectivity index (χ0v) is 26.9. The molecule has 11 unspecified atom stereocenters. The topological polar surface area (TPSA) is 317 Å². The van der Waals surface area contributed by atoms with Crippen LogP contribution in [-0.4, -0.2) is 101 Å². The van der Waals surface area contributed by atoms with E-state index in [0.717, 1.165) is 10.9 Å². The van der Waals surface area contributed by atoms with Crippen LogP contribution in [0.4, 0.5) is 5.95 Å². The van der Waals surface area contributed by atoms with Gasteiger partial charge in [0, 0.05) is 0 Å². The first-order valence-electron chi connectivity index (χ1n) is 10.7. The fourth-order valence-electron chi connectivity index (χ4n) is 3.78. The van der Waals surface area contributed by atoms with Crippen molar-refractivity contribution in [2.24, 2.45) is 0 Å². The van der Waals surface area contributed by atoms with Gasteiger partial charge in [-0.05, 0) is 6.92 Å². The molecule has 0 radical (unpaired) electrons. The minimum atomic E-state index is -5.82. The van der Waals surface area contributed by atoms with Crippen LogP contribution in [0.5, 0.6) is 0 Å². The SMILES string of the molecule is CC1OC(OP(=O)([O-])OP(=O)([O-])OCC2OC(n3cnc4c(=O)[nH]c(N)nc43)C(O)C2O)C(O)C(O)C1O.[Na+].[Na+]. The van der Waals surface area contributed by atoms with E-state index in [9.17, 15) is 49.2 Å². The van der Waals surface area contributed by atoms with Crippen LogP contribution >= 0.6 is 15.6 Å². The Morgan fingerprint density at radius 2 is 1.70 bits per heavy atom. The van der Waals surface area contributed by atoms with Crippen molar-refractivity contribution in [3.8, 4) is 0 Å². The molecule has 0 saturated carbocycles. The summed E-state index contributed by atoms with van der Waals surface area (Å²) in [7, 11) is -11.6. The maximum atomic E-state index is 12.1. The first kappa shape index (κ1) is 36.3. The fraction of sp³-hybridized carbons (Fsp3) is 0.688. The van der Waals surface area contributed by atoms with Crippen molar-refractivity contribution in [1.29, 1.82) is 0 Å². The predicted molar refractivity (Wildman–Crippen MR) is 114 cm³/mol. The standard InChI is InChI=1S/C16H25N5O15P2.2Na/c1-4-7(22)9(24)11(26)15(33-4)35-38(30,31)36-37(28,29)32-2-5-8(23)10(25)14(34-5)21-3-18-6-12(21)19-16(17)20-13(6)27;;/h3-5,7-11,14-15,22-26H,2H2,1H3,(H,28,29)(H,30,31)(H3,17,19,20,27);;/q;2*+1/p-2. The van der Waals surface area contributed by atoms with E-state index in [1.165, 1.54) is 6.92 Å². The molecule has 8 N–H and O–H groups in total. The zero-order valence-electron chi connectivity index (χ0n) is 21.1. The van der Waals surface area contributed by atoms with Crippen LogP contribution in [0.3, 0.4) is 0 Å². The number of hydrogen-bond donors (Lipinski definition) is 7. The molecule has 0 amide bonds. The maximum absolute atomic E-state index is 12.1. The fourth-order valence-corrected chi connectivity index (χ4v) is 5.86. The average molecular weight is 633 g/mol. The molecule has 4 heterocycles. The number of phosphoric acid groups is 2. The zero-order chi connectivity index (χ0) is 28.2. The van der Waals surface area contributed by atoms with E-state index < -0.39 is 83.1 Å². The van der Waals surface area contributed by atoms with Crippen LogP contribution in [-0.2, 0) is 32.0 Å². The van der Waals surface area contributed by atoms with Gasteiger partial charge in [-0.15, -0.1) is 0 Å². The summed E-state index contributed by atoms with van der Waals surface area (Å²) < 4.78 is 48.3. The molecular formula is C16H23N5Na2O15P2. The van der Waals surface area contributed by atoms with Gasteiger partial charge in [-0.25, -0.2) is 9.29 Å². The van der Waals surface area contributed by atoms with Crippen molar-refractivity contribution in [2.75, 3.05) is 12.3 Å². The first-order valence-corrected chi connectivity index (χ1v) is 13.6. The second kappa shape index (κ2) is 13.8. The van der Waals surface area contributed by atoms with E-state index in [2.05, 4.69) is 28.3 Å². The molecule has 4 rings (SSSR count). The van der Waals surface area contributed by atoms with Crippen molar-refractivity contribution in [2.45, 2.75) is 62.2 Å². The van der Waals surface area contributed by atoms with Crippen molar-refractivity contribution < 1.29 is 126 Å². The van der Waals surface area contributed by atoms with Gasteiger partial charge in [-0.1, -0.05) is 0 Å². The average Bonchev–Trinajstić information content (AvgIpc) is 3.35. The van der Waals surface area contributed by atoms with E-state index in [1.807, 2.05) is 0 Å². The summed E-state index contributed by atoms with van der Waals surface area (Å²) in [6.45, 7) is 0.168. The third-order valence-corrected chi connectivity index (χ3v) is 8.23. The third-order valence-electron chi connectivity index (χ3n) is 5.70. The molecule has 214 valence electrons. The molecule has 0 spiro atoms. The Morgan fingerprint density at radius 1 is 1.05 bits per heavy atom. The number of nitrogens with zero attached hydrogens (tertiary/aromatic N) is 3. The normalized spacial score (nSPS) is 35.4. The van der Waals surface area contributed by atoms with Gasteiger partial charge in [0.15, 0.2) is 23.7 Å². The number of aliphatic hydroxyl groups excluding tert-OH is 5. The summed E-state index contributed by atoms with van der Waals surface area (Å²) in [4.78, 5) is 46.1. The molecule has 24 heteroatoms. The number of aromatic nitrogens is 4. The smallest absolute Gasteiger partial charge is 0.756 e. The number of nitrogen functional groups attached to an aromatic ring is 1. The van der Waals surface area contributed by atoms with Gasteiger partial charge >= 0.3 is 59.1 Å². The van der Waals surface area contributed by atoms with Gasteiger partial charge in [-0.3, -0.25) is 28.0 Å². The number of nitrogens with two attached hydrogens (primary N) is 1. The van der Waals surface area contributed by atoms with Crippen molar-refractivity contribution in [3.05, 3.63) is 16.7 Å². The molecule has 2 fully saturated rings. The molecule has 2 aliphatic heterocycles. The van der Waals surface area contributed by atoms with Gasteiger partial charge in [0.1, 0.15) is 36.6 Å². The van der Waals surface area contributed by atoms with Gasteiger partial charge in [0.25, 0.3) is 21.2 Å². The van der Waals surface area contributed by atoms with Gasteiger partial charge in [0.2, 0.25) is 5.95 Å². The molecule has 2 saturated heterocycles. The minimum absolute atomic E-state index is 0. The Morgan fingerprint density at radius 3 is 2.35 bits per heavy atom. The number of phosphoric ester groups is 2. The first-order chi connectivity index (χ1) is 17.6. The predicted octanol–water partition coefficient (Wildman–Crippen LogP) is -10.9. The number of nitrogens with one attached hydrogen (secondary N) is 1. The Balaban J connectivity index is 0.00000280. The van der Waals surface area contributed by atoms with E-state index >= 15 is 0 Å². The summed E-state index contributed by atoms with van der Waals surface area (Å²) in [5.41, 5.74) is 4.52. The number of hydrogen-bond acceptors (Lipinski definition) is 18. The van der Waals surface area contributed by atoms with Crippen LogP contribution in [0, 0.1) is 0 Å². The van der Waals surface area contributed by atoms with Crippen LogP contribution in [0.15, 0.2) is 11.1 Å². The summed E-state index contributed by atoms with van der Waals surface area (Å²) in [6, 6.07) is 0. The van der Waals surface area contributed by atoms with Crippen LogP contribution in [0.25, 0.3) is 11.2 Å². The summed E-state index contributed by atoms with van der Waals surface area (Å²) in [6.07, 6.45) is -14.3. The Kier molecular flexibility index (Phi) is 12.6. The minimum Gasteiger partial charge on any atom is -0.756 e. The molecule has 2 aromatic heterocycles. The number of anilines is 1. The van der Waals surface area contributed by atoms with E-state index in [4.69, 9.17) is 15.2 Å². The molecule has 2 aliphatic rings. The molecule has 0 bridgehead atoms. The largest absolute Gasteiger partial charge is 1.00 e. The Bertz CT molecular complexity index is 1330. The number of aliphatic hydroxyl groups is 5. The number of fused-ring (bicyclic) bond motifs is 1. The monoisotopic (exact) mass is 633 g/mol. The summed E-state index contributed by atoms with van der Waals surface area (Å²) in [5.74, 6) is -0.280. The number of aromatic amines is 1. The number of ether oxygens (including phenoxy) is 2. The van der Waals surface area contributed by atoms with Crippen LogP contribution in [0.1, 0.15) is 13.2 Å². The number of imidazole rings is 1. The third kappa shape index (κ3) is 7.79. The second-order valence-electron chi connectivity index (χ2n) is 8.38. The maximum Gasteiger partial charge on any atom is 1.00 e. The van der Waals surface area contributed by atoms with E-state index in [0.29, 0.717) is 0 Å². The summed E-state index contributed by atoms with van der Waals surface area (Å²) >= 11 is 0. The summed E-state index contributed by atoms with van der Waals surface area (Å²) in [5, 5.41) is 49.9. The molecule has 0 aliphatic carbocycles. The van der Waals surface area contributed by atoms with Gasteiger partial charge < -0.3 is 55.1 Å². The molecule has 0 aromatic carbocycles. The number of H-pyrrole nitrogens is 1. The van der Waals surface area contributed by atoms with Gasteiger partial charge in [-0.2, -0.15) is 4.98 Å². The molecule has 20 nitrogen and oxygen atoms in total. The second-order valence-corrected chi connectivity index (χ2v) is 11.3. The Labute approximate surface area is 268 Å². The quantitative estimate of drug-likeness (QED) is 0.105. The molecule has 40 heavy (non-hydrogen) atoms. The molecule has 11 atom stereocenters.